The molecule has 0 atom stereocenters. The molecule has 15 aromatic carbocycles. The van der Waals surface area contributed by atoms with Crippen LogP contribution >= 0.6 is 0 Å². The van der Waals surface area contributed by atoms with Crippen LogP contribution in [0.5, 0.6) is 0 Å². The summed E-state index contributed by atoms with van der Waals surface area (Å²) in [5.41, 5.74) is 58.8. The Labute approximate surface area is 761 Å². The monoisotopic (exact) mass is 1660 g/mol. The summed E-state index contributed by atoms with van der Waals surface area (Å²) in [6, 6.07) is 112. The molecule has 0 bridgehead atoms. The molecular formula is C126H142. The fraction of sp³-hybridized carbons (Fsp3) is 0.286. The van der Waals surface area contributed by atoms with E-state index in [4.69, 9.17) is 0 Å². The molecule has 646 valence electrons. The first kappa shape index (κ1) is 95.0. The van der Waals surface area contributed by atoms with Crippen molar-refractivity contribution in [3.8, 4) is 111 Å². The number of fused-ring (bicyclic) bond motifs is 33. The van der Waals surface area contributed by atoms with Crippen LogP contribution in [0.4, 0.5) is 0 Å². The molecular weight excluding hydrogens is 1510 g/mol. The molecule has 0 aliphatic heterocycles. The highest BCUT2D eigenvalue weighted by molar-refractivity contribution is 5.96. The second kappa shape index (κ2) is 47.0. The smallest absolute Gasteiger partial charge is 0.000718 e. The van der Waals surface area contributed by atoms with E-state index in [2.05, 4.69) is 386 Å². The number of hydrogen-bond donors (Lipinski definition) is 0. The van der Waals surface area contributed by atoms with Gasteiger partial charge in [-0.25, -0.2) is 0 Å². The van der Waals surface area contributed by atoms with Gasteiger partial charge in [-0.3, -0.25) is 0 Å². The molecule has 0 saturated carbocycles. The Morgan fingerprint density at radius 3 is 0.571 bits per heavy atom. The third-order valence-corrected chi connectivity index (χ3v) is 23.6. The van der Waals surface area contributed by atoms with Crippen molar-refractivity contribution < 1.29 is 0 Å². The van der Waals surface area contributed by atoms with Crippen LogP contribution in [0.25, 0.3) is 111 Å². The van der Waals surface area contributed by atoms with Gasteiger partial charge in [0, 0.05) is 0 Å². The summed E-state index contributed by atoms with van der Waals surface area (Å²) in [5, 5.41) is 0. The van der Waals surface area contributed by atoms with Crippen molar-refractivity contribution in [3.63, 3.8) is 0 Å². The van der Waals surface area contributed by atoms with Gasteiger partial charge in [-0.15, -0.1) is 0 Å². The summed E-state index contributed by atoms with van der Waals surface area (Å²) >= 11 is 0. The maximum absolute atomic E-state index is 2.44. The van der Waals surface area contributed by atoms with E-state index in [-0.39, 0.29) is 0 Å². The third-order valence-electron chi connectivity index (χ3n) is 23.6. The molecule has 10 aliphatic carbocycles. The first-order valence-electron chi connectivity index (χ1n) is 48.6. The molecule has 0 saturated heterocycles. The van der Waals surface area contributed by atoms with Gasteiger partial charge >= 0.3 is 0 Å². The zero-order chi connectivity index (χ0) is 89.8. The summed E-state index contributed by atoms with van der Waals surface area (Å²) in [5.74, 6) is 0. The maximum Gasteiger partial charge on any atom is -0.000718 e. The van der Waals surface area contributed by atoms with Gasteiger partial charge in [0.2, 0.25) is 0 Å². The topological polar surface area (TPSA) is 0 Å². The van der Waals surface area contributed by atoms with Crippen molar-refractivity contribution in [3.05, 3.63) is 415 Å². The second-order valence-corrected chi connectivity index (χ2v) is 33.3. The van der Waals surface area contributed by atoms with Crippen LogP contribution < -0.4 is 0 Å². The molecule has 0 unspecified atom stereocenters. The Bertz CT molecular complexity index is 5770. The normalized spacial score (nSPS) is 11.8. The van der Waals surface area contributed by atoms with Crippen LogP contribution in [0.3, 0.4) is 0 Å². The van der Waals surface area contributed by atoms with Gasteiger partial charge in [-0.2, -0.15) is 0 Å². The van der Waals surface area contributed by atoms with Crippen molar-refractivity contribution >= 4 is 0 Å². The van der Waals surface area contributed by atoms with Gasteiger partial charge in [0.15, 0.2) is 0 Å². The lowest BCUT2D eigenvalue weighted by Crippen LogP contribution is -1.90. The van der Waals surface area contributed by atoms with E-state index in [9.17, 15) is 0 Å². The first-order valence-corrected chi connectivity index (χ1v) is 48.6. The lowest BCUT2D eigenvalue weighted by Gasteiger charge is -2.10. The van der Waals surface area contributed by atoms with Gasteiger partial charge in [0.25, 0.3) is 0 Å². The fourth-order valence-corrected chi connectivity index (χ4v) is 19.1. The molecule has 0 spiro atoms. The number of rotatable bonds is 0. The van der Waals surface area contributed by atoms with Crippen molar-refractivity contribution in [2.75, 3.05) is 0 Å². The Morgan fingerprint density at radius 1 is 0.127 bits per heavy atom. The van der Waals surface area contributed by atoms with E-state index in [1.165, 1.54) is 250 Å². The molecule has 0 nitrogen and oxygen atoms in total. The molecule has 0 N–H and O–H groups in total. The Kier molecular flexibility index (Phi) is 35.4. The van der Waals surface area contributed by atoms with E-state index in [1.54, 1.807) is 11.1 Å². The summed E-state index contributed by atoms with van der Waals surface area (Å²) in [4.78, 5) is 0. The van der Waals surface area contributed by atoms with Crippen LogP contribution in [-0.2, 0) is 64.2 Å². The Morgan fingerprint density at radius 2 is 0.294 bits per heavy atom. The standard InChI is InChI=1S/5C20H14.6C3H8.4C2H6/c1-3-7-16-14(6-1)12-19-18(16)10-9-15-11-13-5-2-4-8-17(13)20(15)19;1-3-7-17-13(5-1)9-15-11-20-16(12-19(15)17)10-14-6-2-4-8-18(14)20;1-3-7-17-13(5-1)9-15-11-16-10-14-6-2-4-8-18(14)20(16)12-19(15)17;1-3-7-17-13(5-1)11-15-9-10-16-12-14-6-2-4-8-18(14)20(16)19(15)17;1-3-7-15-13(5-1)11-19-17(15)9-10-18-16-8-4-2-6-14(16)12-20(18)19;6*1-3-2;4*1-2/h1-10H,11-12H2;2*1-8,11-12H,9-10H2;2*1-10H,11-12H2;6*3H2,1-2H3;4*1-2H3. The average molecular weight is 1660 g/mol. The zero-order valence-corrected chi connectivity index (χ0v) is 80.2. The molecule has 25 rings (SSSR count). The van der Waals surface area contributed by atoms with E-state index in [1.807, 2.05) is 55.4 Å². The maximum atomic E-state index is 2.44. The molecule has 0 aromatic heterocycles. The van der Waals surface area contributed by atoms with E-state index in [0.717, 1.165) is 64.2 Å². The molecule has 126 heavy (non-hydrogen) atoms. The second-order valence-electron chi connectivity index (χ2n) is 33.3. The number of hydrogen-bond acceptors (Lipinski definition) is 0. The van der Waals surface area contributed by atoms with E-state index < -0.39 is 0 Å². The molecule has 0 fully saturated rings. The van der Waals surface area contributed by atoms with Gasteiger partial charge in [-0.1, -0.05) is 462 Å². The zero-order valence-electron chi connectivity index (χ0n) is 80.2. The van der Waals surface area contributed by atoms with Crippen LogP contribution in [0, 0.1) is 0 Å². The molecule has 10 aliphatic rings. The van der Waals surface area contributed by atoms with E-state index >= 15 is 0 Å². The van der Waals surface area contributed by atoms with Crippen molar-refractivity contribution in [2.45, 2.75) is 241 Å². The highest BCUT2D eigenvalue weighted by atomic mass is 14.4. The minimum absolute atomic E-state index is 1.08. The first-order chi connectivity index (χ1) is 62.0. The van der Waals surface area contributed by atoms with E-state index in [0.29, 0.717) is 0 Å². The number of benzene rings is 15. The van der Waals surface area contributed by atoms with Gasteiger partial charge in [-0.05, 0) is 305 Å². The quantitative estimate of drug-likeness (QED) is 0.142. The lowest BCUT2D eigenvalue weighted by atomic mass is 9.94. The lowest BCUT2D eigenvalue weighted by molar-refractivity contribution is 1.09. The van der Waals surface area contributed by atoms with Crippen LogP contribution in [0.2, 0.25) is 0 Å². The Balaban J connectivity index is 0.000000143. The summed E-state index contributed by atoms with van der Waals surface area (Å²) in [6.45, 7) is 41.5. The summed E-state index contributed by atoms with van der Waals surface area (Å²) < 4.78 is 0. The highest BCUT2D eigenvalue weighted by Crippen LogP contribution is 2.53. The Hall–Kier alpha value is -11.7. The molecule has 0 heteroatoms. The minimum Gasteiger partial charge on any atom is -0.0683 e. The largest absolute Gasteiger partial charge is 0.0683 e. The molecule has 15 aromatic rings. The van der Waals surface area contributed by atoms with Gasteiger partial charge in [0.05, 0.1) is 0 Å². The summed E-state index contributed by atoms with van der Waals surface area (Å²) in [6.07, 6.45) is 18.4. The van der Waals surface area contributed by atoms with Crippen molar-refractivity contribution in [1.29, 1.82) is 0 Å². The molecule has 0 amide bonds. The van der Waals surface area contributed by atoms with Gasteiger partial charge < -0.3 is 0 Å². The predicted octanol–water partition coefficient (Wildman–Crippen LogP) is 36.7. The van der Waals surface area contributed by atoms with Crippen LogP contribution in [0.1, 0.15) is 288 Å². The predicted molar refractivity (Wildman–Crippen MR) is 556 cm³/mol. The van der Waals surface area contributed by atoms with Gasteiger partial charge in [0.1, 0.15) is 0 Å². The fourth-order valence-electron chi connectivity index (χ4n) is 19.1. The van der Waals surface area contributed by atoms with Crippen molar-refractivity contribution in [1.82, 2.24) is 0 Å². The van der Waals surface area contributed by atoms with Crippen LogP contribution in [0.15, 0.2) is 303 Å². The molecule has 0 heterocycles. The average Bonchev–Trinajstić information content (AvgIpc) is 1.59. The SMILES string of the molecule is CC.CC.CC.CC.CCC.CCC.CCC.CCC.CCC.CCC.c1ccc2c(c1)Cc1c-2ccc2c1-c1ccccc1C2.c1ccc2c(c1)Cc1c-2ccc2c1Cc1ccccc1-2.c1ccc2c(c1)Cc1cc3c(cc1-2)-c1ccccc1C3.c1ccc2c(c1)Cc1cc3c(cc1-2)Cc1ccccc1-3.c1ccc2c(c1)Cc1ccc3c(c1-2)-c1ccccc1C3. The molecule has 0 radical (unpaired) electrons. The third kappa shape index (κ3) is 20.4. The summed E-state index contributed by atoms with van der Waals surface area (Å²) in [7, 11) is 0. The van der Waals surface area contributed by atoms with Crippen molar-refractivity contribution in [2.24, 2.45) is 0 Å². The van der Waals surface area contributed by atoms with Crippen LogP contribution in [-0.4, -0.2) is 0 Å². The minimum atomic E-state index is 1.08. The highest BCUT2D eigenvalue weighted by Gasteiger charge is 2.33.